The maximum atomic E-state index is 16.2. The summed E-state index contributed by atoms with van der Waals surface area (Å²) in [5.41, 5.74) is 0. The maximum Gasteiger partial charge on any atom is 0.0891 e. The van der Waals surface area contributed by atoms with Crippen LogP contribution < -0.4 is 0 Å². The highest BCUT2D eigenvalue weighted by Gasteiger charge is 2.41. The quantitative estimate of drug-likeness (QED) is 0.243. The lowest BCUT2D eigenvalue weighted by atomic mass is 9.88. The van der Waals surface area contributed by atoms with E-state index in [1.807, 2.05) is 0 Å². The highest BCUT2D eigenvalue weighted by molar-refractivity contribution is 4.77. The third-order valence-corrected chi connectivity index (χ3v) is 11.7. The Balaban J connectivity index is 1.85. The van der Waals surface area contributed by atoms with E-state index in [2.05, 4.69) is 0 Å². The number of rotatable bonds is 3. The molecule has 2 nitrogen and oxygen atoms in total. The molecule has 0 amide bonds. The molecule has 3 fully saturated rings. The smallest absolute Gasteiger partial charge is 0.0891 e. The summed E-state index contributed by atoms with van der Waals surface area (Å²) in [6, 6.07) is 1.12. The van der Waals surface area contributed by atoms with Crippen molar-refractivity contribution >= 4 is 0 Å². The van der Waals surface area contributed by atoms with Gasteiger partial charge in [-0.2, -0.15) is 0 Å². The predicted octanol–water partition coefficient (Wildman–Crippen LogP) is 13.5. The molecule has 0 aromatic heterocycles. The molecule has 3 rings (SSSR count). The highest BCUT2D eigenvalue weighted by atomic mass is 16.6. The van der Waals surface area contributed by atoms with Gasteiger partial charge in [0.05, 0.1) is 18.1 Å². The summed E-state index contributed by atoms with van der Waals surface area (Å²) < 4.78 is 0.250. The summed E-state index contributed by atoms with van der Waals surface area (Å²) in [6.07, 6.45) is 49.0. The second-order valence-corrected chi connectivity index (χ2v) is 15.1. The van der Waals surface area contributed by atoms with Crippen LogP contribution in [0.25, 0.3) is 0 Å². The molecule has 0 aromatic rings. The lowest BCUT2D eigenvalue weighted by Gasteiger charge is -2.59. The molecule has 0 heterocycles. The lowest BCUT2D eigenvalue weighted by molar-refractivity contribution is -0.954. The molecule has 0 spiro atoms. The Kier molecular flexibility index (Phi) is 20.1. The van der Waals surface area contributed by atoms with E-state index >= 15 is 5.21 Å². The number of nitrogens with zero attached hydrogens (tertiary/aromatic N) is 1. The van der Waals surface area contributed by atoms with Gasteiger partial charge in [-0.15, -0.1) is 0 Å². The monoisotopic (exact) mass is 574 g/mol. The molecule has 2 heteroatoms. The number of hydroxylamine groups is 3. The van der Waals surface area contributed by atoms with Crippen LogP contribution >= 0.6 is 0 Å². The second-order valence-electron chi connectivity index (χ2n) is 15.1. The molecular formula is C39H75NO. The second kappa shape index (κ2) is 23.3. The molecule has 0 aliphatic heterocycles. The Hall–Kier alpha value is -0.0800. The van der Waals surface area contributed by atoms with Crippen molar-refractivity contribution < 1.29 is 4.65 Å². The summed E-state index contributed by atoms with van der Waals surface area (Å²) in [6.45, 7) is 0. The van der Waals surface area contributed by atoms with Crippen molar-refractivity contribution in [3.05, 3.63) is 5.21 Å². The normalized spacial score (nSPS) is 26.3. The lowest BCUT2D eigenvalue weighted by Crippen LogP contribution is -2.63. The largest absolute Gasteiger partial charge is 0.632 e. The van der Waals surface area contributed by atoms with Gasteiger partial charge in [0, 0.05) is 0 Å². The fraction of sp³-hybridized carbons (Fsp3) is 1.00. The van der Waals surface area contributed by atoms with E-state index < -0.39 is 0 Å². The van der Waals surface area contributed by atoms with Crippen molar-refractivity contribution in [2.24, 2.45) is 0 Å². The zero-order chi connectivity index (χ0) is 28.7. The van der Waals surface area contributed by atoms with Gasteiger partial charge in [0.2, 0.25) is 0 Å². The van der Waals surface area contributed by atoms with Gasteiger partial charge in [0.25, 0.3) is 0 Å². The Labute approximate surface area is 258 Å². The van der Waals surface area contributed by atoms with Crippen LogP contribution in [0.3, 0.4) is 0 Å². The summed E-state index contributed by atoms with van der Waals surface area (Å²) >= 11 is 0. The van der Waals surface area contributed by atoms with Crippen LogP contribution in [-0.2, 0) is 0 Å². The van der Waals surface area contributed by atoms with Crippen molar-refractivity contribution in [2.45, 2.75) is 249 Å². The van der Waals surface area contributed by atoms with Gasteiger partial charge in [-0.1, -0.05) is 154 Å². The Bertz CT molecular complexity index is 469. The highest BCUT2D eigenvalue weighted by Crippen LogP contribution is 2.39. The van der Waals surface area contributed by atoms with Gasteiger partial charge in [0.1, 0.15) is 0 Å². The van der Waals surface area contributed by atoms with Crippen molar-refractivity contribution in [2.75, 3.05) is 0 Å². The molecule has 0 saturated heterocycles. The van der Waals surface area contributed by atoms with E-state index in [0.717, 1.165) is 0 Å². The summed E-state index contributed by atoms with van der Waals surface area (Å²) in [7, 11) is 0. The minimum Gasteiger partial charge on any atom is -0.632 e. The van der Waals surface area contributed by atoms with E-state index in [-0.39, 0.29) is 4.65 Å². The van der Waals surface area contributed by atoms with Crippen molar-refractivity contribution in [1.82, 2.24) is 0 Å². The SMILES string of the molecule is [O-][N+](C1CCCCCCCCCCCC1)(C1CCCCCCCCCCCC1)C1CCCCCCCCCCCC1. The van der Waals surface area contributed by atoms with Crippen molar-refractivity contribution in [3.63, 3.8) is 0 Å². The Morgan fingerprint density at radius 1 is 0.220 bits per heavy atom. The van der Waals surface area contributed by atoms with Gasteiger partial charge in [0.15, 0.2) is 0 Å². The van der Waals surface area contributed by atoms with Gasteiger partial charge in [-0.05, 0) is 77.0 Å². The summed E-state index contributed by atoms with van der Waals surface area (Å²) in [5, 5.41) is 16.2. The van der Waals surface area contributed by atoms with Gasteiger partial charge >= 0.3 is 0 Å². The average molecular weight is 574 g/mol. The van der Waals surface area contributed by atoms with Crippen LogP contribution in [0.15, 0.2) is 0 Å². The molecule has 0 unspecified atom stereocenters. The fourth-order valence-electron chi connectivity index (χ4n) is 9.06. The molecule has 3 aliphatic rings. The number of quaternary nitrogens is 1. The first-order valence-electron chi connectivity index (χ1n) is 19.9. The number of hydrogen-bond acceptors (Lipinski definition) is 1. The third-order valence-electron chi connectivity index (χ3n) is 11.7. The standard InChI is InChI=1S/C39H75NO/c41-40(37-31-25-19-13-7-1-2-8-14-20-26-32-37,38-33-27-21-15-9-3-4-10-16-22-28-34-38)39-35-29-23-17-11-5-6-12-18-24-30-36-39/h37-39H,1-36H2. The first kappa shape index (κ1) is 35.4. The van der Waals surface area contributed by atoms with Crippen molar-refractivity contribution in [1.29, 1.82) is 0 Å². The van der Waals surface area contributed by atoms with E-state index in [1.54, 1.807) is 0 Å². The molecule has 0 aromatic carbocycles. The molecule has 0 bridgehead atoms. The van der Waals surface area contributed by atoms with Crippen LogP contribution in [0.1, 0.15) is 231 Å². The van der Waals surface area contributed by atoms with Crippen LogP contribution in [0.4, 0.5) is 0 Å². The predicted molar refractivity (Wildman–Crippen MR) is 181 cm³/mol. The van der Waals surface area contributed by atoms with Crippen LogP contribution in [0, 0.1) is 5.21 Å². The molecule has 0 atom stereocenters. The van der Waals surface area contributed by atoms with Crippen LogP contribution in [-0.4, -0.2) is 22.8 Å². The maximum absolute atomic E-state index is 16.2. The molecule has 3 aliphatic carbocycles. The van der Waals surface area contributed by atoms with E-state index in [4.69, 9.17) is 0 Å². The summed E-state index contributed by atoms with van der Waals surface area (Å²) in [4.78, 5) is 0. The molecule has 0 N–H and O–H groups in total. The molecular weight excluding hydrogens is 498 g/mol. The van der Waals surface area contributed by atoms with Gasteiger partial charge in [-0.25, -0.2) is 0 Å². The van der Waals surface area contributed by atoms with Crippen LogP contribution in [0.2, 0.25) is 0 Å². The Morgan fingerprint density at radius 2 is 0.341 bits per heavy atom. The van der Waals surface area contributed by atoms with E-state index in [9.17, 15) is 0 Å². The van der Waals surface area contributed by atoms with Crippen molar-refractivity contribution in [3.8, 4) is 0 Å². The zero-order valence-corrected chi connectivity index (χ0v) is 28.0. The average Bonchev–Trinajstić information content (AvgIpc) is 3.05. The zero-order valence-electron chi connectivity index (χ0n) is 28.0. The third kappa shape index (κ3) is 14.5. The Morgan fingerprint density at radius 3 is 0.488 bits per heavy atom. The fourth-order valence-corrected chi connectivity index (χ4v) is 9.06. The number of hydrogen-bond donors (Lipinski definition) is 0. The molecule has 41 heavy (non-hydrogen) atoms. The van der Waals surface area contributed by atoms with E-state index in [1.165, 1.54) is 231 Å². The molecule has 242 valence electrons. The summed E-state index contributed by atoms with van der Waals surface area (Å²) in [5.74, 6) is 0. The first-order chi connectivity index (χ1) is 20.3. The minimum atomic E-state index is 0.250. The minimum absolute atomic E-state index is 0.250. The topological polar surface area (TPSA) is 23.1 Å². The van der Waals surface area contributed by atoms with E-state index in [0.29, 0.717) is 18.1 Å². The van der Waals surface area contributed by atoms with Crippen LogP contribution in [0.5, 0.6) is 0 Å². The first-order valence-corrected chi connectivity index (χ1v) is 19.9. The molecule has 3 saturated carbocycles. The van der Waals surface area contributed by atoms with Gasteiger partial charge in [-0.3, -0.25) is 0 Å². The van der Waals surface area contributed by atoms with Gasteiger partial charge < -0.3 is 9.85 Å². The molecule has 0 radical (unpaired) electrons.